The van der Waals surface area contributed by atoms with Gasteiger partial charge < -0.3 is 9.84 Å². The van der Waals surface area contributed by atoms with Crippen LogP contribution in [0.3, 0.4) is 0 Å². The molecule has 2 aromatic rings. The summed E-state index contributed by atoms with van der Waals surface area (Å²) in [7, 11) is 1.05. The van der Waals surface area contributed by atoms with E-state index in [-0.39, 0.29) is 0 Å². The normalized spacial score (nSPS) is 10.8. The smallest absolute Gasteiger partial charge is 0.341 e. The first-order chi connectivity index (χ1) is 8.88. The molecule has 100 valence electrons. The molecular weight excluding hydrogens is 270 g/mol. The van der Waals surface area contributed by atoms with Crippen molar-refractivity contribution in [3.05, 3.63) is 34.9 Å². The van der Waals surface area contributed by atoms with Crippen LogP contribution in [-0.2, 0) is 0 Å². The first kappa shape index (κ1) is 13.1. The molecule has 0 aliphatic heterocycles. The van der Waals surface area contributed by atoms with Gasteiger partial charge in [0, 0.05) is 5.39 Å². The zero-order valence-corrected chi connectivity index (χ0v) is 9.30. The van der Waals surface area contributed by atoms with Crippen LogP contribution in [0.25, 0.3) is 10.9 Å². The minimum atomic E-state index is -2.03. The molecule has 0 fully saturated rings. The summed E-state index contributed by atoms with van der Waals surface area (Å²) >= 11 is 0. The number of ether oxygens (including phenoxy) is 1. The number of hydrogen-bond donors (Lipinski definition) is 1. The van der Waals surface area contributed by atoms with E-state index in [1.54, 1.807) is 0 Å². The molecule has 0 unspecified atom stereocenters. The summed E-state index contributed by atoms with van der Waals surface area (Å²) in [6.45, 7) is 0. The standard InChI is InChI=1S/C11H5F4NO3/c1-19-10-4(11(17)18)2-3-5(12)6(13)7(14)8(15)9(3)16-10/h2H,1H3,(H,17,18). The Labute approximate surface area is 103 Å². The summed E-state index contributed by atoms with van der Waals surface area (Å²) in [6.07, 6.45) is 0. The van der Waals surface area contributed by atoms with Crippen LogP contribution in [0.2, 0.25) is 0 Å². The van der Waals surface area contributed by atoms with Gasteiger partial charge in [0.1, 0.15) is 11.1 Å². The van der Waals surface area contributed by atoms with Crippen LogP contribution < -0.4 is 4.74 Å². The highest BCUT2D eigenvalue weighted by Gasteiger charge is 2.24. The molecule has 1 heterocycles. The number of carboxylic acids is 1. The first-order valence-corrected chi connectivity index (χ1v) is 4.82. The lowest BCUT2D eigenvalue weighted by atomic mass is 10.1. The maximum Gasteiger partial charge on any atom is 0.341 e. The van der Waals surface area contributed by atoms with Gasteiger partial charge in [-0.3, -0.25) is 0 Å². The fourth-order valence-corrected chi connectivity index (χ4v) is 1.55. The third kappa shape index (κ3) is 1.85. The summed E-state index contributed by atoms with van der Waals surface area (Å²) in [5.74, 6) is -9.56. The van der Waals surface area contributed by atoms with E-state index >= 15 is 0 Å². The van der Waals surface area contributed by atoms with E-state index in [4.69, 9.17) is 5.11 Å². The number of carboxylic acid groups (broad SMARTS) is 1. The molecule has 2 rings (SSSR count). The molecule has 0 bridgehead atoms. The quantitative estimate of drug-likeness (QED) is 0.519. The fraction of sp³-hybridized carbons (Fsp3) is 0.0909. The molecule has 0 saturated carbocycles. The van der Waals surface area contributed by atoms with Crippen molar-refractivity contribution in [2.75, 3.05) is 7.11 Å². The Morgan fingerprint density at radius 2 is 1.74 bits per heavy atom. The first-order valence-electron chi connectivity index (χ1n) is 4.82. The van der Waals surface area contributed by atoms with Crippen molar-refractivity contribution >= 4 is 16.9 Å². The van der Waals surface area contributed by atoms with Gasteiger partial charge in [-0.1, -0.05) is 0 Å². The van der Waals surface area contributed by atoms with Crippen molar-refractivity contribution in [1.82, 2.24) is 4.98 Å². The number of benzene rings is 1. The topological polar surface area (TPSA) is 59.4 Å². The zero-order chi connectivity index (χ0) is 14.3. The number of carbonyl (C=O) groups is 1. The number of nitrogens with zero attached hydrogens (tertiary/aromatic N) is 1. The van der Waals surface area contributed by atoms with Gasteiger partial charge in [0.05, 0.1) is 7.11 Å². The van der Waals surface area contributed by atoms with Crippen molar-refractivity contribution < 1.29 is 32.2 Å². The highest BCUT2D eigenvalue weighted by Crippen LogP contribution is 2.29. The molecule has 8 heteroatoms. The Morgan fingerprint density at radius 3 is 2.26 bits per heavy atom. The summed E-state index contributed by atoms with van der Waals surface area (Å²) in [5, 5.41) is 8.05. The van der Waals surface area contributed by atoms with Crippen LogP contribution in [0.15, 0.2) is 6.07 Å². The fourth-order valence-electron chi connectivity index (χ4n) is 1.55. The van der Waals surface area contributed by atoms with Crippen LogP contribution in [0.4, 0.5) is 17.6 Å². The molecule has 1 aromatic heterocycles. The van der Waals surface area contributed by atoms with Gasteiger partial charge in [0.2, 0.25) is 5.88 Å². The minimum absolute atomic E-state index is 0.538. The predicted molar refractivity (Wildman–Crippen MR) is 55.1 cm³/mol. The highest BCUT2D eigenvalue weighted by atomic mass is 19.2. The number of fused-ring (bicyclic) bond motifs is 1. The molecular formula is C11H5F4NO3. The van der Waals surface area contributed by atoms with Gasteiger partial charge >= 0.3 is 5.97 Å². The Bertz CT molecular complexity index is 702. The number of hydrogen-bond acceptors (Lipinski definition) is 3. The van der Waals surface area contributed by atoms with Gasteiger partial charge in [-0.15, -0.1) is 0 Å². The van der Waals surface area contributed by atoms with Crippen molar-refractivity contribution in [2.24, 2.45) is 0 Å². The molecule has 0 spiro atoms. The second-order valence-electron chi connectivity index (χ2n) is 3.50. The largest absolute Gasteiger partial charge is 0.480 e. The summed E-state index contributed by atoms with van der Waals surface area (Å²) in [4.78, 5) is 14.2. The van der Waals surface area contributed by atoms with E-state index in [1.807, 2.05) is 0 Å². The number of halogens is 4. The number of aromatic carboxylic acids is 1. The molecule has 1 N–H and O–H groups in total. The van der Waals surface area contributed by atoms with E-state index in [0.717, 1.165) is 7.11 Å². The lowest BCUT2D eigenvalue weighted by molar-refractivity contribution is 0.0692. The predicted octanol–water partition coefficient (Wildman–Crippen LogP) is 2.50. The third-order valence-corrected chi connectivity index (χ3v) is 2.43. The van der Waals surface area contributed by atoms with E-state index in [0.29, 0.717) is 6.07 Å². The van der Waals surface area contributed by atoms with Crippen molar-refractivity contribution in [3.63, 3.8) is 0 Å². The van der Waals surface area contributed by atoms with Crippen LogP contribution in [-0.4, -0.2) is 23.2 Å². The number of rotatable bonds is 2. The number of aromatic nitrogens is 1. The van der Waals surface area contributed by atoms with Crippen molar-refractivity contribution in [3.8, 4) is 5.88 Å². The average molecular weight is 275 g/mol. The molecule has 0 atom stereocenters. The highest BCUT2D eigenvalue weighted by molar-refractivity contribution is 5.95. The van der Waals surface area contributed by atoms with Crippen molar-refractivity contribution in [1.29, 1.82) is 0 Å². The third-order valence-electron chi connectivity index (χ3n) is 2.43. The van der Waals surface area contributed by atoms with Gasteiger partial charge in [-0.05, 0) is 6.07 Å². The van der Waals surface area contributed by atoms with Crippen LogP contribution >= 0.6 is 0 Å². The Hall–Kier alpha value is -2.38. The average Bonchev–Trinajstić information content (AvgIpc) is 2.41. The Morgan fingerprint density at radius 1 is 1.16 bits per heavy atom. The van der Waals surface area contributed by atoms with Crippen LogP contribution in [0.5, 0.6) is 5.88 Å². The molecule has 4 nitrogen and oxygen atoms in total. The van der Waals surface area contributed by atoms with Gasteiger partial charge in [-0.2, -0.15) is 0 Å². The second kappa shape index (κ2) is 4.38. The van der Waals surface area contributed by atoms with E-state index in [1.165, 1.54) is 0 Å². The van der Waals surface area contributed by atoms with Crippen molar-refractivity contribution in [2.45, 2.75) is 0 Å². The summed E-state index contributed by atoms with van der Waals surface area (Å²) in [6, 6.07) is 0.629. The summed E-state index contributed by atoms with van der Waals surface area (Å²) in [5.41, 5.74) is -1.45. The van der Waals surface area contributed by atoms with Gasteiger partial charge in [0.15, 0.2) is 23.3 Å². The van der Waals surface area contributed by atoms with E-state index in [2.05, 4.69) is 9.72 Å². The van der Waals surface area contributed by atoms with Gasteiger partial charge in [0.25, 0.3) is 0 Å². The van der Waals surface area contributed by atoms with Crippen LogP contribution in [0, 0.1) is 23.3 Å². The number of pyridine rings is 1. The van der Waals surface area contributed by atoms with Crippen LogP contribution in [0.1, 0.15) is 10.4 Å². The van der Waals surface area contributed by atoms with E-state index in [9.17, 15) is 22.4 Å². The zero-order valence-electron chi connectivity index (χ0n) is 9.30. The molecule has 0 aliphatic carbocycles. The molecule has 19 heavy (non-hydrogen) atoms. The maximum absolute atomic E-state index is 13.5. The monoisotopic (exact) mass is 275 g/mol. The Balaban J connectivity index is 2.97. The SMILES string of the molecule is COc1nc2c(F)c(F)c(F)c(F)c2cc1C(=O)O. The summed E-state index contributed by atoms with van der Waals surface area (Å²) < 4.78 is 57.6. The van der Waals surface area contributed by atoms with E-state index < -0.39 is 51.6 Å². The Kier molecular flexibility index (Phi) is 3.01. The molecule has 0 amide bonds. The number of methoxy groups -OCH3 is 1. The minimum Gasteiger partial charge on any atom is -0.480 e. The van der Waals surface area contributed by atoms with Gasteiger partial charge in [-0.25, -0.2) is 27.3 Å². The molecule has 0 radical (unpaired) electrons. The molecule has 0 saturated heterocycles. The second-order valence-corrected chi connectivity index (χ2v) is 3.50. The molecule has 0 aliphatic rings. The lowest BCUT2D eigenvalue weighted by Crippen LogP contribution is -2.06. The lowest BCUT2D eigenvalue weighted by Gasteiger charge is -2.08. The molecule has 1 aromatic carbocycles. The maximum atomic E-state index is 13.5.